The third-order valence-electron chi connectivity index (χ3n) is 3.61. The van der Waals surface area contributed by atoms with Gasteiger partial charge in [-0.25, -0.2) is 0 Å². The van der Waals surface area contributed by atoms with E-state index in [0.29, 0.717) is 18.8 Å². The number of ether oxygens (including phenoxy) is 1. The van der Waals surface area contributed by atoms with Gasteiger partial charge < -0.3 is 9.64 Å². The van der Waals surface area contributed by atoms with E-state index in [4.69, 9.17) is 16.3 Å². The van der Waals surface area contributed by atoms with Crippen molar-refractivity contribution < 1.29 is 14.5 Å². The Bertz CT molecular complexity index is 549. The van der Waals surface area contributed by atoms with Crippen LogP contribution in [0.25, 0.3) is 0 Å². The Kier molecular flexibility index (Phi) is 4.13. The molecule has 1 aliphatic heterocycles. The lowest BCUT2D eigenvalue weighted by atomic mass is 9.99. The molecule has 0 saturated carbocycles. The molecule has 0 aliphatic carbocycles. The van der Waals surface area contributed by atoms with Crippen molar-refractivity contribution >= 4 is 28.9 Å². The van der Waals surface area contributed by atoms with Gasteiger partial charge >= 0.3 is 11.7 Å². The van der Waals surface area contributed by atoms with Crippen LogP contribution >= 0.6 is 11.6 Å². The quantitative estimate of drug-likeness (QED) is 0.487. The molecule has 7 heteroatoms. The van der Waals surface area contributed by atoms with Gasteiger partial charge in [-0.2, -0.15) is 0 Å². The molecule has 20 heavy (non-hydrogen) atoms. The van der Waals surface area contributed by atoms with Gasteiger partial charge in [0.2, 0.25) is 0 Å². The molecule has 1 saturated heterocycles. The average Bonchev–Trinajstić information content (AvgIpc) is 2.79. The maximum atomic E-state index is 11.7. The second-order valence-corrected chi connectivity index (χ2v) is 5.28. The molecule has 2 atom stereocenters. The minimum atomic E-state index is -0.492. The van der Waals surface area contributed by atoms with Crippen LogP contribution in [0.15, 0.2) is 18.2 Å². The first kappa shape index (κ1) is 14.6. The van der Waals surface area contributed by atoms with E-state index in [-0.39, 0.29) is 28.5 Å². The number of carbonyl (C=O) groups is 1. The average molecular weight is 299 g/mol. The van der Waals surface area contributed by atoms with E-state index in [9.17, 15) is 14.9 Å². The smallest absolute Gasteiger partial charge is 0.310 e. The molecule has 108 valence electrons. The number of benzene rings is 1. The Labute approximate surface area is 121 Å². The summed E-state index contributed by atoms with van der Waals surface area (Å²) in [5, 5.41) is 11.3. The third kappa shape index (κ3) is 2.56. The first-order valence-electron chi connectivity index (χ1n) is 6.21. The highest BCUT2D eigenvalue weighted by atomic mass is 35.5. The van der Waals surface area contributed by atoms with Crippen LogP contribution in [0.3, 0.4) is 0 Å². The molecule has 1 heterocycles. The molecule has 1 aromatic carbocycles. The third-order valence-corrected chi connectivity index (χ3v) is 3.91. The number of nitrogens with zero attached hydrogens (tertiary/aromatic N) is 2. The highest BCUT2D eigenvalue weighted by molar-refractivity contribution is 6.33. The van der Waals surface area contributed by atoms with Crippen LogP contribution in [0.2, 0.25) is 5.02 Å². The Morgan fingerprint density at radius 2 is 2.20 bits per heavy atom. The van der Waals surface area contributed by atoms with Gasteiger partial charge in [0.25, 0.3) is 0 Å². The molecule has 2 unspecified atom stereocenters. The van der Waals surface area contributed by atoms with Crippen molar-refractivity contribution in [1.82, 2.24) is 0 Å². The Balaban J connectivity index is 2.33. The molecule has 0 aromatic heterocycles. The fraction of sp³-hybridized carbons (Fsp3) is 0.462. The van der Waals surface area contributed by atoms with E-state index in [0.717, 1.165) is 0 Å². The summed E-state index contributed by atoms with van der Waals surface area (Å²) in [5.74, 6) is -0.496. The number of hydrogen-bond donors (Lipinski definition) is 0. The Morgan fingerprint density at radius 3 is 2.80 bits per heavy atom. The van der Waals surface area contributed by atoms with Crippen LogP contribution in [0.4, 0.5) is 11.4 Å². The monoisotopic (exact) mass is 298 g/mol. The number of anilines is 1. The summed E-state index contributed by atoms with van der Waals surface area (Å²) in [6.45, 7) is 2.88. The number of para-hydroxylation sites is 1. The minimum Gasteiger partial charge on any atom is -0.469 e. The largest absolute Gasteiger partial charge is 0.469 e. The van der Waals surface area contributed by atoms with Crippen molar-refractivity contribution in [1.29, 1.82) is 0 Å². The zero-order chi connectivity index (χ0) is 14.9. The minimum absolute atomic E-state index is 0.0704. The first-order chi connectivity index (χ1) is 9.45. The summed E-state index contributed by atoms with van der Waals surface area (Å²) in [4.78, 5) is 24.2. The van der Waals surface area contributed by atoms with Gasteiger partial charge in [0, 0.05) is 13.1 Å². The maximum absolute atomic E-state index is 11.7. The number of methoxy groups -OCH3 is 1. The van der Waals surface area contributed by atoms with E-state index in [1.807, 2.05) is 11.8 Å². The van der Waals surface area contributed by atoms with Gasteiger partial charge in [0.1, 0.15) is 10.7 Å². The summed E-state index contributed by atoms with van der Waals surface area (Å²) in [5.41, 5.74) is 0.327. The Hall–Kier alpha value is -1.82. The van der Waals surface area contributed by atoms with Crippen LogP contribution in [0.5, 0.6) is 0 Å². The zero-order valence-electron chi connectivity index (χ0n) is 11.2. The molecule has 0 N–H and O–H groups in total. The van der Waals surface area contributed by atoms with Crippen molar-refractivity contribution in [3.8, 4) is 0 Å². The van der Waals surface area contributed by atoms with E-state index in [2.05, 4.69) is 0 Å². The Morgan fingerprint density at radius 1 is 1.50 bits per heavy atom. The van der Waals surface area contributed by atoms with Gasteiger partial charge in [-0.05, 0) is 18.1 Å². The number of carbonyl (C=O) groups excluding carboxylic acids is 1. The highest BCUT2D eigenvalue weighted by Crippen LogP contribution is 2.38. The van der Waals surface area contributed by atoms with Crippen molar-refractivity contribution in [2.24, 2.45) is 11.8 Å². The lowest BCUT2D eigenvalue weighted by molar-refractivity contribution is -0.384. The van der Waals surface area contributed by atoms with Crippen LogP contribution in [-0.2, 0) is 9.53 Å². The molecule has 0 amide bonds. The summed E-state index contributed by atoms with van der Waals surface area (Å²) >= 11 is 5.91. The predicted molar refractivity (Wildman–Crippen MR) is 75.0 cm³/mol. The van der Waals surface area contributed by atoms with E-state index in [1.165, 1.54) is 13.2 Å². The number of hydrogen-bond acceptors (Lipinski definition) is 5. The van der Waals surface area contributed by atoms with Gasteiger partial charge in [0.15, 0.2) is 0 Å². The fourth-order valence-electron chi connectivity index (χ4n) is 2.56. The molecule has 1 aromatic rings. The predicted octanol–water partition coefficient (Wildman–Crippen LogP) is 2.49. The SMILES string of the molecule is COC(=O)C1CN(c2cccc(Cl)c2[N+](=O)[O-])CC1C. The van der Waals surface area contributed by atoms with Crippen LogP contribution < -0.4 is 4.90 Å². The second kappa shape index (κ2) is 5.66. The number of halogens is 1. The molecule has 1 aliphatic rings. The number of rotatable bonds is 3. The fourth-order valence-corrected chi connectivity index (χ4v) is 2.80. The molecule has 0 radical (unpaired) electrons. The summed E-state index contributed by atoms with van der Waals surface area (Å²) in [6, 6.07) is 4.80. The molecule has 6 nitrogen and oxygen atoms in total. The van der Waals surface area contributed by atoms with Crippen molar-refractivity contribution in [3.63, 3.8) is 0 Å². The molecule has 0 bridgehead atoms. The van der Waals surface area contributed by atoms with E-state index < -0.39 is 4.92 Å². The van der Waals surface area contributed by atoms with Gasteiger partial charge in [0.05, 0.1) is 18.0 Å². The van der Waals surface area contributed by atoms with E-state index >= 15 is 0 Å². The highest BCUT2D eigenvalue weighted by Gasteiger charge is 2.38. The number of nitro benzene ring substituents is 1. The van der Waals surface area contributed by atoms with Crippen LogP contribution in [0, 0.1) is 22.0 Å². The van der Waals surface area contributed by atoms with Crippen LogP contribution in [0.1, 0.15) is 6.92 Å². The first-order valence-corrected chi connectivity index (χ1v) is 6.59. The molecule has 0 spiro atoms. The van der Waals surface area contributed by atoms with E-state index in [1.54, 1.807) is 12.1 Å². The summed E-state index contributed by atoms with van der Waals surface area (Å²) < 4.78 is 4.76. The lowest BCUT2D eigenvalue weighted by Crippen LogP contribution is -2.24. The lowest BCUT2D eigenvalue weighted by Gasteiger charge is -2.18. The van der Waals surface area contributed by atoms with Gasteiger partial charge in [-0.3, -0.25) is 14.9 Å². The summed E-state index contributed by atoms with van der Waals surface area (Å²) in [7, 11) is 1.35. The van der Waals surface area contributed by atoms with Crippen molar-refractivity contribution in [2.45, 2.75) is 6.92 Å². The maximum Gasteiger partial charge on any atom is 0.310 e. The topological polar surface area (TPSA) is 72.7 Å². The summed E-state index contributed by atoms with van der Waals surface area (Å²) in [6.07, 6.45) is 0. The van der Waals surface area contributed by atoms with Crippen LogP contribution in [-0.4, -0.2) is 31.1 Å². The van der Waals surface area contributed by atoms with Crippen molar-refractivity contribution in [2.75, 3.05) is 25.1 Å². The van der Waals surface area contributed by atoms with Gasteiger partial charge in [-0.15, -0.1) is 0 Å². The standard InChI is InChI=1S/C13H15ClN2O4/c1-8-6-15(7-9(8)13(17)20-2)11-5-3-4-10(14)12(11)16(18)19/h3-5,8-9H,6-7H2,1-2H3. The normalized spacial score (nSPS) is 21.9. The number of esters is 1. The molecule has 2 rings (SSSR count). The number of nitro groups is 1. The molecule has 1 fully saturated rings. The second-order valence-electron chi connectivity index (χ2n) is 4.88. The van der Waals surface area contributed by atoms with Gasteiger partial charge in [-0.1, -0.05) is 24.6 Å². The molecular formula is C13H15ClN2O4. The zero-order valence-corrected chi connectivity index (χ0v) is 12.0. The van der Waals surface area contributed by atoms with Crippen molar-refractivity contribution in [3.05, 3.63) is 33.3 Å². The molecular weight excluding hydrogens is 284 g/mol.